The van der Waals surface area contributed by atoms with Gasteiger partial charge in [-0.1, -0.05) is 12.1 Å². The van der Waals surface area contributed by atoms with Crippen LogP contribution in [-0.4, -0.2) is 23.3 Å². The van der Waals surface area contributed by atoms with Gasteiger partial charge in [-0.2, -0.15) is 0 Å². The third-order valence-electron chi connectivity index (χ3n) is 3.86. The van der Waals surface area contributed by atoms with Crippen molar-refractivity contribution in [3.63, 3.8) is 0 Å². The largest absolute Gasteiger partial charge is 0.356 e. The van der Waals surface area contributed by atoms with Crippen molar-refractivity contribution in [3.8, 4) is 10.6 Å². The van der Waals surface area contributed by atoms with Crippen LogP contribution in [0.4, 0.5) is 5.69 Å². The first-order chi connectivity index (χ1) is 12.5. The molecule has 1 heterocycles. The van der Waals surface area contributed by atoms with E-state index in [4.69, 9.17) is 0 Å². The number of thiazole rings is 1. The summed E-state index contributed by atoms with van der Waals surface area (Å²) in [6, 6.07) is 14.0. The first-order valence-corrected chi connectivity index (χ1v) is 9.35. The molecule has 0 atom stereocenters. The summed E-state index contributed by atoms with van der Waals surface area (Å²) in [5.41, 5.74) is 3.82. The summed E-state index contributed by atoms with van der Waals surface area (Å²) in [6.45, 7) is 3.98. The Bertz CT molecular complexity index is 916. The highest BCUT2D eigenvalue weighted by atomic mass is 32.1. The van der Waals surface area contributed by atoms with Crippen molar-refractivity contribution in [1.82, 2.24) is 10.3 Å². The third-order valence-corrected chi connectivity index (χ3v) is 4.94. The van der Waals surface area contributed by atoms with Crippen LogP contribution in [0.15, 0.2) is 42.5 Å². The van der Waals surface area contributed by atoms with Crippen molar-refractivity contribution >= 4 is 39.1 Å². The maximum atomic E-state index is 12.1. The molecular formula is C20H21N3O2S. The average Bonchev–Trinajstić information content (AvgIpc) is 3.02. The van der Waals surface area contributed by atoms with Gasteiger partial charge in [0, 0.05) is 31.1 Å². The molecule has 2 aromatic carbocycles. The van der Waals surface area contributed by atoms with E-state index in [9.17, 15) is 9.59 Å². The first-order valence-electron chi connectivity index (χ1n) is 8.53. The van der Waals surface area contributed by atoms with Crippen LogP contribution in [-0.2, 0) is 9.59 Å². The van der Waals surface area contributed by atoms with Gasteiger partial charge in [-0.05, 0) is 49.2 Å². The predicted octanol–water partition coefficient (Wildman–Crippen LogP) is 4.13. The number of hydrogen-bond donors (Lipinski definition) is 2. The Morgan fingerprint density at radius 1 is 1.15 bits per heavy atom. The fraction of sp³-hybridized carbons (Fsp3) is 0.250. The lowest BCUT2D eigenvalue weighted by atomic mass is 10.1. The molecule has 0 aliphatic carbocycles. The van der Waals surface area contributed by atoms with Crippen LogP contribution in [0, 0.1) is 6.92 Å². The molecule has 0 radical (unpaired) electrons. The van der Waals surface area contributed by atoms with Crippen molar-refractivity contribution in [1.29, 1.82) is 0 Å². The van der Waals surface area contributed by atoms with Gasteiger partial charge in [0.15, 0.2) is 0 Å². The van der Waals surface area contributed by atoms with E-state index < -0.39 is 0 Å². The van der Waals surface area contributed by atoms with E-state index in [0.29, 0.717) is 19.4 Å². The number of rotatable bonds is 6. The average molecular weight is 367 g/mol. The van der Waals surface area contributed by atoms with Gasteiger partial charge in [-0.3, -0.25) is 9.59 Å². The Morgan fingerprint density at radius 3 is 2.73 bits per heavy atom. The Hall–Kier alpha value is -2.73. The summed E-state index contributed by atoms with van der Waals surface area (Å²) < 4.78 is 1.15. The third kappa shape index (κ3) is 4.67. The lowest BCUT2D eigenvalue weighted by Crippen LogP contribution is -2.22. The zero-order valence-electron chi connectivity index (χ0n) is 14.8. The number of carbonyl (C=O) groups is 2. The minimum Gasteiger partial charge on any atom is -0.356 e. The van der Waals surface area contributed by atoms with E-state index in [1.54, 1.807) is 11.3 Å². The quantitative estimate of drug-likeness (QED) is 0.644. The molecule has 0 saturated heterocycles. The molecule has 0 fully saturated rings. The van der Waals surface area contributed by atoms with Crippen LogP contribution >= 0.6 is 11.3 Å². The molecular weight excluding hydrogens is 346 g/mol. The zero-order valence-corrected chi connectivity index (χ0v) is 15.7. The fourth-order valence-electron chi connectivity index (χ4n) is 2.71. The van der Waals surface area contributed by atoms with Gasteiger partial charge in [-0.25, -0.2) is 4.98 Å². The summed E-state index contributed by atoms with van der Waals surface area (Å²) in [4.78, 5) is 27.6. The van der Waals surface area contributed by atoms with Crippen LogP contribution in [0.25, 0.3) is 20.8 Å². The molecule has 0 aliphatic rings. The fourth-order valence-corrected chi connectivity index (χ4v) is 3.66. The Morgan fingerprint density at radius 2 is 1.96 bits per heavy atom. The number of nitrogens with zero attached hydrogens (tertiary/aromatic N) is 1. The topological polar surface area (TPSA) is 71.1 Å². The van der Waals surface area contributed by atoms with Crippen molar-refractivity contribution in [3.05, 3.63) is 48.0 Å². The lowest BCUT2D eigenvalue weighted by molar-refractivity contribution is -0.119. The number of aromatic nitrogens is 1. The highest BCUT2D eigenvalue weighted by Gasteiger charge is 2.09. The van der Waals surface area contributed by atoms with Crippen molar-refractivity contribution in [2.24, 2.45) is 0 Å². The lowest BCUT2D eigenvalue weighted by Gasteiger charge is -2.08. The maximum Gasteiger partial charge on any atom is 0.224 e. The number of benzene rings is 2. The van der Waals surface area contributed by atoms with Crippen molar-refractivity contribution in [2.75, 3.05) is 11.9 Å². The molecule has 3 aromatic rings. The van der Waals surface area contributed by atoms with Gasteiger partial charge in [0.2, 0.25) is 11.8 Å². The normalized spacial score (nSPS) is 10.7. The molecule has 1 aromatic heterocycles. The Balaban J connectivity index is 1.71. The molecule has 0 spiro atoms. The Kier molecular flexibility index (Phi) is 5.63. The number of hydrogen-bond acceptors (Lipinski definition) is 4. The van der Waals surface area contributed by atoms with Gasteiger partial charge in [0.25, 0.3) is 0 Å². The van der Waals surface area contributed by atoms with E-state index in [0.717, 1.165) is 32.0 Å². The van der Waals surface area contributed by atoms with Gasteiger partial charge in [0.1, 0.15) is 5.01 Å². The van der Waals surface area contributed by atoms with E-state index in [1.165, 1.54) is 6.92 Å². The number of aryl methyl sites for hydroxylation is 1. The molecule has 5 nitrogen and oxygen atoms in total. The number of nitrogens with one attached hydrogen (secondary N) is 2. The highest BCUT2D eigenvalue weighted by molar-refractivity contribution is 7.21. The molecule has 2 amide bonds. The summed E-state index contributed by atoms with van der Waals surface area (Å²) in [5.74, 6) is -0.138. The van der Waals surface area contributed by atoms with E-state index in [-0.39, 0.29) is 11.8 Å². The minimum absolute atomic E-state index is 0.0591. The smallest absolute Gasteiger partial charge is 0.224 e. The van der Waals surface area contributed by atoms with Gasteiger partial charge < -0.3 is 10.6 Å². The molecule has 0 unspecified atom stereocenters. The van der Waals surface area contributed by atoms with Crippen LogP contribution in [0.3, 0.4) is 0 Å². The standard InChI is InChI=1S/C20H21N3O2S/c1-13-10-15(20-23-17-6-3-4-7-18(17)26-20)12-16(11-13)22-19(25)8-5-9-21-14(2)24/h3-4,6-7,10-12H,5,8-9H2,1-2H3,(H,21,24)(H,22,25). The SMILES string of the molecule is CC(=O)NCCCC(=O)Nc1cc(C)cc(-c2nc3ccccc3s2)c1. The summed E-state index contributed by atoms with van der Waals surface area (Å²) in [5, 5.41) is 6.57. The van der Waals surface area contributed by atoms with Crippen LogP contribution < -0.4 is 10.6 Å². The molecule has 6 heteroatoms. The van der Waals surface area contributed by atoms with Crippen LogP contribution in [0.1, 0.15) is 25.3 Å². The second-order valence-electron chi connectivity index (χ2n) is 6.21. The van der Waals surface area contributed by atoms with Crippen molar-refractivity contribution < 1.29 is 9.59 Å². The second kappa shape index (κ2) is 8.10. The molecule has 3 rings (SSSR count). The molecule has 134 valence electrons. The summed E-state index contributed by atoms with van der Waals surface area (Å²) in [6.07, 6.45) is 0.979. The second-order valence-corrected chi connectivity index (χ2v) is 7.24. The molecule has 26 heavy (non-hydrogen) atoms. The monoisotopic (exact) mass is 367 g/mol. The van der Waals surface area contributed by atoms with Gasteiger partial charge in [0.05, 0.1) is 10.2 Å². The number of fused-ring (bicyclic) bond motifs is 1. The van der Waals surface area contributed by atoms with Crippen LogP contribution in [0.5, 0.6) is 0 Å². The highest BCUT2D eigenvalue weighted by Crippen LogP contribution is 2.32. The van der Waals surface area contributed by atoms with E-state index >= 15 is 0 Å². The van der Waals surface area contributed by atoms with E-state index in [2.05, 4.69) is 27.8 Å². The summed E-state index contributed by atoms with van der Waals surface area (Å²) >= 11 is 1.64. The van der Waals surface area contributed by atoms with E-state index in [1.807, 2.05) is 37.3 Å². The first kappa shape index (κ1) is 18.1. The summed E-state index contributed by atoms with van der Waals surface area (Å²) in [7, 11) is 0. The zero-order chi connectivity index (χ0) is 18.5. The van der Waals surface area contributed by atoms with Crippen LogP contribution in [0.2, 0.25) is 0 Å². The predicted molar refractivity (Wildman–Crippen MR) is 106 cm³/mol. The number of para-hydroxylation sites is 1. The number of carbonyl (C=O) groups excluding carboxylic acids is 2. The maximum absolute atomic E-state index is 12.1. The molecule has 0 aliphatic heterocycles. The molecule has 0 bridgehead atoms. The van der Waals surface area contributed by atoms with Crippen molar-refractivity contribution in [2.45, 2.75) is 26.7 Å². The number of amides is 2. The molecule has 0 saturated carbocycles. The number of anilines is 1. The minimum atomic E-state index is -0.0791. The molecule has 2 N–H and O–H groups in total. The van der Waals surface area contributed by atoms with Gasteiger partial charge in [-0.15, -0.1) is 11.3 Å². The van der Waals surface area contributed by atoms with Gasteiger partial charge >= 0.3 is 0 Å². The Labute approximate surface area is 156 Å².